The SMILES string of the molecule is CCOC(=O)c1cnc(SC[C@H]2O[C@@H](n3cnc4c(N)ncnc43)[C@H](O)[C@@H]2O)nc1N. The van der Waals surface area contributed by atoms with E-state index in [0.29, 0.717) is 11.2 Å². The normalized spacial score (nSPS) is 23.3. The largest absolute Gasteiger partial charge is 0.462 e. The van der Waals surface area contributed by atoms with Gasteiger partial charge in [-0.05, 0) is 6.92 Å². The van der Waals surface area contributed by atoms with Gasteiger partial charge in [-0.2, -0.15) is 0 Å². The van der Waals surface area contributed by atoms with Crippen molar-refractivity contribution >= 4 is 40.5 Å². The van der Waals surface area contributed by atoms with E-state index >= 15 is 0 Å². The number of thioether (sulfide) groups is 1. The number of anilines is 2. The van der Waals surface area contributed by atoms with Crippen molar-refractivity contribution in [3.63, 3.8) is 0 Å². The summed E-state index contributed by atoms with van der Waals surface area (Å²) in [6, 6.07) is 0. The van der Waals surface area contributed by atoms with Crippen LogP contribution in [0, 0.1) is 0 Å². The highest BCUT2D eigenvalue weighted by Crippen LogP contribution is 2.34. The molecule has 0 aromatic carbocycles. The second-order valence-corrected chi connectivity index (χ2v) is 7.60. The third-order valence-corrected chi connectivity index (χ3v) is 5.62. The molecule has 4 heterocycles. The molecule has 4 atom stereocenters. The summed E-state index contributed by atoms with van der Waals surface area (Å²) in [7, 11) is 0. The van der Waals surface area contributed by atoms with Crippen molar-refractivity contribution in [2.45, 2.75) is 36.6 Å². The molecule has 0 radical (unpaired) electrons. The van der Waals surface area contributed by atoms with Crippen LogP contribution >= 0.6 is 11.8 Å². The maximum Gasteiger partial charge on any atom is 0.343 e. The maximum atomic E-state index is 11.8. The molecular weight excluding hydrogens is 428 g/mol. The zero-order valence-corrected chi connectivity index (χ0v) is 17.1. The summed E-state index contributed by atoms with van der Waals surface area (Å²) in [6.07, 6.45) is -0.0738. The molecule has 1 aliphatic rings. The first-order chi connectivity index (χ1) is 14.9. The molecule has 0 bridgehead atoms. The van der Waals surface area contributed by atoms with Crippen LogP contribution in [-0.2, 0) is 9.47 Å². The van der Waals surface area contributed by atoms with Crippen LogP contribution in [0.3, 0.4) is 0 Å². The minimum Gasteiger partial charge on any atom is -0.462 e. The number of fused-ring (bicyclic) bond motifs is 1. The van der Waals surface area contributed by atoms with Crippen molar-refractivity contribution in [2.24, 2.45) is 0 Å². The first kappa shape index (κ1) is 21.2. The van der Waals surface area contributed by atoms with Gasteiger partial charge >= 0.3 is 5.97 Å². The van der Waals surface area contributed by atoms with E-state index in [0.717, 1.165) is 11.8 Å². The molecule has 4 rings (SSSR count). The third kappa shape index (κ3) is 3.97. The molecule has 0 aliphatic carbocycles. The second kappa shape index (κ2) is 8.58. The summed E-state index contributed by atoms with van der Waals surface area (Å²) in [5, 5.41) is 21.2. The standard InChI is InChI=1S/C17H20N8O5S/c1-2-29-16(28)7-3-20-17(24-12(7)18)31-4-8-10(26)11(27)15(30-8)25-6-23-9-13(19)21-5-22-14(9)25/h3,5-6,8,10-11,15,26-27H,2,4H2,1H3,(H2,18,20,24)(H2,19,21,22)/t8-,10-,11-,15-/m1/s1. The van der Waals surface area contributed by atoms with E-state index in [1.807, 2.05) is 0 Å². The van der Waals surface area contributed by atoms with Gasteiger partial charge in [0.2, 0.25) is 0 Å². The van der Waals surface area contributed by atoms with Crippen LogP contribution in [0.15, 0.2) is 24.0 Å². The number of carbonyl (C=O) groups excluding carboxylic acids is 1. The third-order valence-electron chi connectivity index (χ3n) is 4.67. The average Bonchev–Trinajstić information content (AvgIpc) is 3.29. The second-order valence-electron chi connectivity index (χ2n) is 6.61. The average molecular weight is 448 g/mol. The Morgan fingerprint density at radius 1 is 1.23 bits per heavy atom. The number of rotatable bonds is 6. The molecule has 3 aromatic heterocycles. The summed E-state index contributed by atoms with van der Waals surface area (Å²) in [5.41, 5.74) is 12.4. The van der Waals surface area contributed by atoms with Crippen molar-refractivity contribution in [1.29, 1.82) is 0 Å². The number of hydrogen-bond acceptors (Lipinski definition) is 13. The molecule has 0 amide bonds. The summed E-state index contributed by atoms with van der Waals surface area (Å²) in [5.74, 6) is -0.195. The Balaban J connectivity index is 1.46. The van der Waals surface area contributed by atoms with Crippen molar-refractivity contribution in [3.8, 4) is 0 Å². The topological polar surface area (TPSA) is 197 Å². The van der Waals surface area contributed by atoms with E-state index in [-0.39, 0.29) is 34.7 Å². The molecule has 0 saturated carbocycles. The van der Waals surface area contributed by atoms with Crippen molar-refractivity contribution in [1.82, 2.24) is 29.5 Å². The van der Waals surface area contributed by atoms with Crippen LogP contribution in [0.25, 0.3) is 11.2 Å². The van der Waals surface area contributed by atoms with E-state index in [4.69, 9.17) is 20.9 Å². The van der Waals surface area contributed by atoms with Gasteiger partial charge in [0.1, 0.15) is 35.4 Å². The Morgan fingerprint density at radius 2 is 2.03 bits per heavy atom. The van der Waals surface area contributed by atoms with Gasteiger partial charge in [-0.15, -0.1) is 0 Å². The molecule has 14 heteroatoms. The minimum atomic E-state index is -1.23. The number of nitrogens with zero attached hydrogens (tertiary/aromatic N) is 6. The number of imidazole rings is 1. The van der Waals surface area contributed by atoms with Crippen molar-refractivity contribution in [2.75, 3.05) is 23.8 Å². The van der Waals surface area contributed by atoms with Gasteiger partial charge in [0.15, 0.2) is 22.8 Å². The molecule has 0 spiro atoms. The first-order valence-electron chi connectivity index (χ1n) is 9.27. The van der Waals surface area contributed by atoms with Crippen molar-refractivity contribution < 1.29 is 24.5 Å². The highest BCUT2D eigenvalue weighted by Gasteiger charge is 2.44. The Bertz CT molecular complexity index is 1110. The van der Waals surface area contributed by atoms with Gasteiger partial charge in [-0.1, -0.05) is 11.8 Å². The number of esters is 1. The molecule has 1 saturated heterocycles. The number of aliphatic hydroxyl groups excluding tert-OH is 2. The van der Waals surface area contributed by atoms with Crippen LogP contribution in [-0.4, -0.2) is 76.3 Å². The lowest BCUT2D eigenvalue weighted by atomic mass is 10.1. The summed E-state index contributed by atoms with van der Waals surface area (Å²) in [4.78, 5) is 32.1. The Hall–Kier alpha value is -3.07. The zero-order valence-electron chi connectivity index (χ0n) is 16.3. The van der Waals surface area contributed by atoms with Crippen molar-refractivity contribution in [3.05, 3.63) is 24.4 Å². The highest BCUT2D eigenvalue weighted by molar-refractivity contribution is 7.99. The number of aromatic nitrogens is 6. The Kier molecular flexibility index (Phi) is 5.86. The fraction of sp³-hybridized carbons (Fsp3) is 0.412. The number of nitrogens with two attached hydrogens (primary N) is 2. The summed E-state index contributed by atoms with van der Waals surface area (Å²) in [6.45, 7) is 1.89. The number of aliphatic hydroxyl groups is 2. The van der Waals surface area contributed by atoms with Crippen LogP contribution in [0.1, 0.15) is 23.5 Å². The number of ether oxygens (including phenoxy) is 2. The lowest BCUT2D eigenvalue weighted by molar-refractivity contribution is -0.0289. The quantitative estimate of drug-likeness (QED) is 0.211. The van der Waals surface area contributed by atoms with E-state index in [9.17, 15) is 15.0 Å². The molecule has 1 fully saturated rings. The van der Waals surface area contributed by atoms with Gasteiger partial charge in [0, 0.05) is 11.9 Å². The molecule has 13 nitrogen and oxygen atoms in total. The number of nitrogen functional groups attached to an aromatic ring is 2. The van der Waals surface area contributed by atoms with E-state index < -0.39 is 30.5 Å². The minimum absolute atomic E-state index is 0.0103. The first-order valence-corrected chi connectivity index (χ1v) is 10.3. The lowest BCUT2D eigenvalue weighted by Crippen LogP contribution is -2.32. The number of hydrogen-bond donors (Lipinski definition) is 4. The number of carbonyl (C=O) groups is 1. The lowest BCUT2D eigenvalue weighted by Gasteiger charge is -2.16. The van der Waals surface area contributed by atoms with Gasteiger partial charge in [-0.3, -0.25) is 4.57 Å². The fourth-order valence-corrected chi connectivity index (χ4v) is 4.00. The zero-order chi connectivity index (χ0) is 22.1. The predicted octanol–water partition coefficient (Wildman–Crippen LogP) is -0.631. The van der Waals surface area contributed by atoms with E-state index in [1.54, 1.807) is 6.92 Å². The molecule has 1 aliphatic heterocycles. The smallest absolute Gasteiger partial charge is 0.343 e. The van der Waals surface area contributed by atoms with Gasteiger partial charge in [-0.25, -0.2) is 29.7 Å². The van der Waals surface area contributed by atoms with E-state index in [1.165, 1.54) is 23.4 Å². The van der Waals surface area contributed by atoms with Crippen LogP contribution in [0.4, 0.5) is 11.6 Å². The van der Waals surface area contributed by atoms with Crippen LogP contribution in [0.2, 0.25) is 0 Å². The van der Waals surface area contributed by atoms with Crippen LogP contribution < -0.4 is 11.5 Å². The molecule has 3 aromatic rings. The molecule has 0 unspecified atom stereocenters. The fourth-order valence-electron chi connectivity index (χ4n) is 3.12. The molecule has 31 heavy (non-hydrogen) atoms. The van der Waals surface area contributed by atoms with E-state index in [2.05, 4.69) is 24.9 Å². The van der Waals surface area contributed by atoms with Gasteiger partial charge in [0.05, 0.1) is 19.0 Å². The summed E-state index contributed by atoms with van der Waals surface area (Å²) >= 11 is 1.16. The molecular formula is C17H20N8O5S. The molecule has 164 valence electrons. The Morgan fingerprint density at radius 3 is 2.77 bits per heavy atom. The Labute approximate surface area is 179 Å². The van der Waals surface area contributed by atoms with Gasteiger partial charge in [0.25, 0.3) is 0 Å². The van der Waals surface area contributed by atoms with Gasteiger partial charge < -0.3 is 31.2 Å². The summed E-state index contributed by atoms with van der Waals surface area (Å²) < 4.78 is 12.2. The monoisotopic (exact) mass is 448 g/mol. The predicted molar refractivity (Wildman–Crippen MR) is 109 cm³/mol. The molecule has 6 N–H and O–H groups in total. The highest BCUT2D eigenvalue weighted by atomic mass is 32.2. The van der Waals surface area contributed by atoms with Crippen LogP contribution in [0.5, 0.6) is 0 Å². The maximum absolute atomic E-state index is 11.8.